The molecule has 3 aromatic carbocycles. The Morgan fingerprint density at radius 1 is 1.03 bits per heavy atom. The number of sulfonamides is 1. The fraction of sp³-hybridized carbons (Fsp3) is 0.0952. The molecule has 0 saturated carbocycles. The van der Waals surface area contributed by atoms with Crippen LogP contribution >= 0.6 is 15.9 Å². The van der Waals surface area contributed by atoms with Gasteiger partial charge in [-0.1, -0.05) is 28.1 Å². The van der Waals surface area contributed by atoms with Gasteiger partial charge in [0.15, 0.2) is 0 Å². The Kier molecular flexibility index (Phi) is 6.91. The average molecular weight is 511 g/mol. The van der Waals surface area contributed by atoms with Crippen LogP contribution in [0.2, 0.25) is 0 Å². The highest BCUT2D eigenvalue weighted by Gasteiger charge is 2.29. The monoisotopic (exact) mass is 510 g/mol. The maximum absolute atomic E-state index is 14.5. The van der Waals surface area contributed by atoms with Crippen LogP contribution in [0.1, 0.15) is 0 Å². The van der Waals surface area contributed by atoms with Crippen molar-refractivity contribution in [1.29, 1.82) is 0 Å². The summed E-state index contributed by atoms with van der Waals surface area (Å²) >= 11 is 3.11. The minimum absolute atomic E-state index is 0.136. The molecular formula is C21H17BrF2N2O4S. The van der Waals surface area contributed by atoms with Crippen LogP contribution in [0, 0.1) is 11.6 Å². The van der Waals surface area contributed by atoms with Crippen LogP contribution in [0.4, 0.5) is 20.2 Å². The second kappa shape index (κ2) is 9.44. The number of carbonyl (C=O) groups is 1. The van der Waals surface area contributed by atoms with Gasteiger partial charge in [0.05, 0.1) is 23.4 Å². The summed E-state index contributed by atoms with van der Waals surface area (Å²) in [4.78, 5) is 12.4. The lowest BCUT2D eigenvalue weighted by Crippen LogP contribution is -2.38. The molecule has 3 aromatic rings. The van der Waals surface area contributed by atoms with Gasteiger partial charge in [-0.15, -0.1) is 0 Å². The molecule has 0 saturated heterocycles. The van der Waals surface area contributed by atoms with E-state index < -0.39 is 34.1 Å². The lowest BCUT2D eigenvalue weighted by Gasteiger charge is -2.24. The summed E-state index contributed by atoms with van der Waals surface area (Å²) in [7, 11) is -2.90. The fourth-order valence-corrected chi connectivity index (χ4v) is 4.50. The van der Waals surface area contributed by atoms with Gasteiger partial charge in [0.1, 0.15) is 23.9 Å². The van der Waals surface area contributed by atoms with Crippen molar-refractivity contribution in [2.75, 3.05) is 23.3 Å². The smallest absolute Gasteiger partial charge is 0.264 e. The number of rotatable bonds is 7. The summed E-state index contributed by atoms with van der Waals surface area (Å²) in [6, 6.07) is 14.6. The number of ether oxygens (including phenoxy) is 1. The predicted octanol–water partition coefficient (Wildman–Crippen LogP) is 4.57. The number of amides is 1. The first-order valence-corrected chi connectivity index (χ1v) is 11.1. The fourth-order valence-electron chi connectivity index (χ4n) is 2.74. The second-order valence-electron chi connectivity index (χ2n) is 6.31. The Labute approximate surface area is 186 Å². The lowest BCUT2D eigenvalue weighted by atomic mass is 10.3. The quantitative estimate of drug-likeness (QED) is 0.505. The zero-order chi connectivity index (χ0) is 22.6. The van der Waals surface area contributed by atoms with Crippen LogP contribution in [-0.4, -0.2) is 28.0 Å². The minimum Gasteiger partial charge on any atom is -0.497 e. The molecule has 0 aliphatic heterocycles. The van der Waals surface area contributed by atoms with Crippen molar-refractivity contribution in [2.45, 2.75) is 4.90 Å². The third kappa shape index (κ3) is 5.20. The highest BCUT2D eigenvalue weighted by Crippen LogP contribution is 2.27. The van der Waals surface area contributed by atoms with E-state index in [1.807, 2.05) is 0 Å². The molecule has 0 heterocycles. The van der Waals surface area contributed by atoms with Gasteiger partial charge in [0.2, 0.25) is 5.91 Å². The first-order chi connectivity index (χ1) is 14.7. The van der Waals surface area contributed by atoms with E-state index in [9.17, 15) is 22.0 Å². The molecule has 0 aliphatic rings. The molecule has 0 unspecified atom stereocenters. The summed E-state index contributed by atoms with van der Waals surface area (Å²) in [5, 5.41) is 2.32. The molecule has 1 N–H and O–H groups in total. The number of hydrogen-bond donors (Lipinski definition) is 1. The summed E-state index contributed by atoms with van der Waals surface area (Å²) in [6.45, 7) is -0.773. The van der Waals surface area contributed by atoms with Gasteiger partial charge >= 0.3 is 0 Å². The summed E-state index contributed by atoms with van der Waals surface area (Å²) in [5.41, 5.74) is -0.451. The summed E-state index contributed by atoms with van der Waals surface area (Å²) < 4.78 is 61.1. The Morgan fingerprint density at radius 2 is 1.71 bits per heavy atom. The third-order valence-corrected chi connectivity index (χ3v) is 6.53. The largest absolute Gasteiger partial charge is 0.497 e. The number of para-hydroxylation sites is 1. The average Bonchev–Trinajstić information content (AvgIpc) is 2.74. The van der Waals surface area contributed by atoms with E-state index in [-0.39, 0.29) is 16.3 Å². The number of anilines is 2. The molecule has 0 aromatic heterocycles. The van der Waals surface area contributed by atoms with Crippen molar-refractivity contribution >= 4 is 43.2 Å². The number of methoxy groups -OCH3 is 1. The van der Waals surface area contributed by atoms with Gasteiger partial charge in [-0.25, -0.2) is 17.2 Å². The van der Waals surface area contributed by atoms with E-state index >= 15 is 0 Å². The standard InChI is InChI=1S/C21H17BrF2N2O4S/c1-30-15-7-9-16(10-8-15)31(28,29)26(20-5-3-2-4-17(20)23)13-21(27)25-19-11-6-14(22)12-18(19)24/h2-12H,13H2,1H3,(H,25,27). The molecule has 0 radical (unpaired) electrons. The third-order valence-electron chi connectivity index (χ3n) is 4.26. The van der Waals surface area contributed by atoms with Crippen molar-refractivity contribution in [2.24, 2.45) is 0 Å². The molecule has 0 fully saturated rings. The van der Waals surface area contributed by atoms with E-state index in [1.54, 1.807) is 0 Å². The molecule has 162 valence electrons. The van der Waals surface area contributed by atoms with E-state index in [0.29, 0.717) is 14.5 Å². The SMILES string of the molecule is COc1ccc(S(=O)(=O)N(CC(=O)Nc2ccc(Br)cc2F)c2ccccc2F)cc1. The Balaban J connectivity index is 1.96. The normalized spacial score (nSPS) is 11.1. The second-order valence-corrected chi connectivity index (χ2v) is 9.09. The van der Waals surface area contributed by atoms with Crippen LogP contribution in [0.25, 0.3) is 0 Å². The molecule has 0 bridgehead atoms. The first kappa shape index (κ1) is 22.7. The van der Waals surface area contributed by atoms with E-state index in [2.05, 4.69) is 21.2 Å². The molecule has 0 atom stereocenters. The molecule has 0 aliphatic carbocycles. The molecule has 31 heavy (non-hydrogen) atoms. The highest BCUT2D eigenvalue weighted by atomic mass is 79.9. The minimum atomic E-state index is -4.33. The number of carbonyl (C=O) groups excluding carboxylic acids is 1. The molecule has 10 heteroatoms. The van der Waals surface area contributed by atoms with Gasteiger partial charge in [-0.2, -0.15) is 0 Å². The molecule has 0 spiro atoms. The van der Waals surface area contributed by atoms with Crippen LogP contribution < -0.4 is 14.4 Å². The number of nitrogens with zero attached hydrogens (tertiary/aromatic N) is 1. The van der Waals surface area contributed by atoms with Gasteiger partial charge in [-0.3, -0.25) is 9.10 Å². The van der Waals surface area contributed by atoms with E-state index in [1.165, 1.54) is 61.7 Å². The lowest BCUT2D eigenvalue weighted by molar-refractivity contribution is -0.114. The van der Waals surface area contributed by atoms with Gasteiger partial charge in [0, 0.05) is 4.47 Å². The van der Waals surface area contributed by atoms with Crippen molar-refractivity contribution in [3.63, 3.8) is 0 Å². The van der Waals surface area contributed by atoms with E-state index in [0.717, 1.165) is 12.1 Å². The Bertz CT molecular complexity index is 1200. The van der Waals surface area contributed by atoms with Crippen molar-refractivity contribution in [3.05, 3.63) is 82.8 Å². The number of hydrogen-bond acceptors (Lipinski definition) is 4. The first-order valence-electron chi connectivity index (χ1n) is 8.88. The highest BCUT2D eigenvalue weighted by molar-refractivity contribution is 9.10. The number of benzene rings is 3. The topological polar surface area (TPSA) is 75.7 Å². The predicted molar refractivity (Wildman–Crippen MR) is 117 cm³/mol. The van der Waals surface area contributed by atoms with Crippen LogP contribution in [0.5, 0.6) is 5.75 Å². The number of halogens is 3. The van der Waals surface area contributed by atoms with Crippen molar-refractivity contribution < 1.29 is 26.7 Å². The summed E-state index contributed by atoms with van der Waals surface area (Å²) in [5.74, 6) is -1.96. The van der Waals surface area contributed by atoms with Gasteiger partial charge in [0.25, 0.3) is 10.0 Å². The van der Waals surface area contributed by atoms with Crippen molar-refractivity contribution in [1.82, 2.24) is 0 Å². The van der Waals surface area contributed by atoms with Gasteiger partial charge in [-0.05, 0) is 54.6 Å². The zero-order valence-corrected chi connectivity index (χ0v) is 18.6. The number of nitrogens with one attached hydrogen (secondary N) is 1. The Morgan fingerprint density at radius 3 is 2.32 bits per heavy atom. The maximum atomic E-state index is 14.5. The van der Waals surface area contributed by atoms with Crippen LogP contribution in [0.3, 0.4) is 0 Å². The molecule has 3 rings (SSSR count). The summed E-state index contributed by atoms with van der Waals surface area (Å²) in [6.07, 6.45) is 0. The van der Waals surface area contributed by atoms with Gasteiger partial charge < -0.3 is 10.1 Å². The molecule has 1 amide bonds. The maximum Gasteiger partial charge on any atom is 0.264 e. The van der Waals surface area contributed by atoms with E-state index in [4.69, 9.17) is 4.74 Å². The van der Waals surface area contributed by atoms with Crippen LogP contribution in [0.15, 0.2) is 76.1 Å². The molecule has 6 nitrogen and oxygen atoms in total. The Hall–Kier alpha value is -2.98. The zero-order valence-electron chi connectivity index (χ0n) is 16.2. The molecular weight excluding hydrogens is 494 g/mol. The van der Waals surface area contributed by atoms with Crippen LogP contribution in [-0.2, 0) is 14.8 Å². The van der Waals surface area contributed by atoms with Crippen molar-refractivity contribution in [3.8, 4) is 5.75 Å².